The normalized spacial score (nSPS) is 9.71. The van der Waals surface area contributed by atoms with Crippen molar-refractivity contribution in [1.82, 2.24) is 5.06 Å². The van der Waals surface area contributed by atoms with E-state index in [0.717, 1.165) is 5.06 Å². The summed E-state index contributed by atoms with van der Waals surface area (Å²) in [5.74, 6) is -1.48. The van der Waals surface area contributed by atoms with E-state index in [1.807, 2.05) is 0 Å². The van der Waals surface area contributed by atoms with Crippen LogP contribution in [0.15, 0.2) is 36.9 Å². The minimum atomic E-state index is -1.07. The predicted octanol–water partition coefficient (Wildman–Crippen LogP) is 1.57. The summed E-state index contributed by atoms with van der Waals surface area (Å²) in [6.07, 6.45) is 1.51. The van der Waals surface area contributed by atoms with Gasteiger partial charge in [-0.15, -0.1) is 6.58 Å². The zero-order valence-electron chi connectivity index (χ0n) is 9.42. The van der Waals surface area contributed by atoms with Crippen LogP contribution in [0.1, 0.15) is 20.7 Å². The Morgan fingerprint density at radius 1 is 1.47 bits per heavy atom. The van der Waals surface area contributed by atoms with Gasteiger partial charge in [0.2, 0.25) is 0 Å². The van der Waals surface area contributed by atoms with E-state index in [2.05, 4.69) is 6.58 Å². The first-order chi connectivity index (χ1) is 8.06. The smallest absolute Gasteiger partial charge is 0.335 e. The Morgan fingerprint density at radius 2 is 2.12 bits per heavy atom. The molecule has 0 aromatic heterocycles. The second-order valence-corrected chi connectivity index (χ2v) is 3.27. The molecule has 1 aromatic rings. The molecule has 0 heterocycles. The maximum absolute atomic E-state index is 11.8. The second kappa shape index (κ2) is 5.81. The van der Waals surface area contributed by atoms with Crippen LogP contribution >= 0.6 is 0 Å². The highest BCUT2D eigenvalue weighted by Gasteiger charge is 2.13. The number of hydrogen-bond donors (Lipinski definition) is 1. The van der Waals surface area contributed by atoms with Gasteiger partial charge in [0.15, 0.2) is 0 Å². The molecule has 0 aliphatic rings. The van der Waals surface area contributed by atoms with E-state index in [9.17, 15) is 9.59 Å². The molecule has 0 bridgehead atoms. The van der Waals surface area contributed by atoms with Crippen LogP contribution in [0, 0.1) is 0 Å². The Morgan fingerprint density at radius 3 is 2.71 bits per heavy atom. The fourth-order valence-corrected chi connectivity index (χ4v) is 1.19. The summed E-state index contributed by atoms with van der Waals surface area (Å²) in [7, 11) is 1.46. The van der Waals surface area contributed by atoms with Crippen molar-refractivity contribution < 1.29 is 19.5 Å². The molecule has 0 spiro atoms. The summed E-state index contributed by atoms with van der Waals surface area (Å²) < 4.78 is 0. The highest BCUT2D eigenvalue weighted by Crippen LogP contribution is 2.08. The van der Waals surface area contributed by atoms with Crippen molar-refractivity contribution in [2.75, 3.05) is 13.7 Å². The molecule has 0 saturated carbocycles. The third-order valence-corrected chi connectivity index (χ3v) is 2.03. The average molecular weight is 235 g/mol. The Balaban J connectivity index is 2.84. The average Bonchev–Trinajstić information content (AvgIpc) is 2.35. The van der Waals surface area contributed by atoms with Crippen LogP contribution < -0.4 is 0 Å². The number of carboxylic acid groups (broad SMARTS) is 1. The van der Waals surface area contributed by atoms with Crippen molar-refractivity contribution >= 4 is 11.9 Å². The van der Waals surface area contributed by atoms with Gasteiger partial charge in [-0.3, -0.25) is 9.63 Å². The van der Waals surface area contributed by atoms with Crippen molar-refractivity contribution in [1.29, 1.82) is 0 Å². The Kier molecular flexibility index (Phi) is 4.42. The fraction of sp³-hybridized carbons (Fsp3) is 0.167. The van der Waals surface area contributed by atoms with Crippen molar-refractivity contribution in [3.63, 3.8) is 0 Å². The van der Waals surface area contributed by atoms with E-state index in [-0.39, 0.29) is 17.7 Å². The van der Waals surface area contributed by atoms with Crippen molar-refractivity contribution in [2.45, 2.75) is 0 Å². The highest BCUT2D eigenvalue weighted by molar-refractivity contribution is 5.96. The molecule has 5 nitrogen and oxygen atoms in total. The predicted molar refractivity (Wildman–Crippen MR) is 61.6 cm³/mol. The van der Waals surface area contributed by atoms with Crippen LogP contribution in [0.3, 0.4) is 0 Å². The van der Waals surface area contributed by atoms with E-state index in [0.29, 0.717) is 0 Å². The summed E-state index contributed by atoms with van der Waals surface area (Å²) in [6, 6.07) is 5.77. The summed E-state index contributed by atoms with van der Waals surface area (Å²) in [6.45, 7) is 3.67. The molecule has 0 radical (unpaired) electrons. The first kappa shape index (κ1) is 12.9. The highest BCUT2D eigenvalue weighted by atomic mass is 16.7. The number of hydrogen-bond acceptors (Lipinski definition) is 3. The zero-order chi connectivity index (χ0) is 12.8. The standard InChI is InChI=1S/C12H13NO4/c1-3-7-17-13(2)11(14)9-5-4-6-10(8-9)12(15)16/h3-6,8H,1,7H2,2H3,(H,15,16). The topological polar surface area (TPSA) is 66.8 Å². The molecule has 0 fully saturated rings. The first-order valence-corrected chi connectivity index (χ1v) is 4.91. The molecule has 5 heteroatoms. The van der Waals surface area contributed by atoms with Crippen LogP contribution in [-0.4, -0.2) is 35.7 Å². The third-order valence-electron chi connectivity index (χ3n) is 2.03. The van der Waals surface area contributed by atoms with Gasteiger partial charge in [-0.05, 0) is 18.2 Å². The van der Waals surface area contributed by atoms with Crippen LogP contribution in [0.4, 0.5) is 0 Å². The lowest BCUT2D eigenvalue weighted by atomic mass is 10.1. The molecule has 1 amide bonds. The Hall–Kier alpha value is -2.14. The summed E-state index contributed by atoms with van der Waals surface area (Å²) >= 11 is 0. The molecule has 17 heavy (non-hydrogen) atoms. The largest absolute Gasteiger partial charge is 0.478 e. The van der Waals surface area contributed by atoms with Gasteiger partial charge in [-0.1, -0.05) is 12.1 Å². The summed E-state index contributed by atoms with van der Waals surface area (Å²) in [5, 5.41) is 9.85. The maximum Gasteiger partial charge on any atom is 0.335 e. The van der Waals surface area contributed by atoms with Crippen LogP contribution in [0.5, 0.6) is 0 Å². The maximum atomic E-state index is 11.8. The first-order valence-electron chi connectivity index (χ1n) is 4.91. The molecule has 0 aliphatic carbocycles. The number of nitrogens with zero attached hydrogens (tertiary/aromatic N) is 1. The number of hydroxylamine groups is 2. The van der Waals surface area contributed by atoms with Crippen LogP contribution in [-0.2, 0) is 4.84 Å². The van der Waals surface area contributed by atoms with Gasteiger partial charge in [0.25, 0.3) is 5.91 Å². The molecule has 0 atom stereocenters. The van der Waals surface area contributed by atoms with Crippen molar-refractivity contribution in [3.05, 3.63) is 48.0 Å². The van der Waals surface area contributed by atoms with Gasteiger partial charge in [-0.2, -0.15) is 0 Å². The van der Waals surface area contributed by atoms with Crippen molar-refractivity contribution in [2.24, 2.45) is 0 Å². The van der Waals surface area contributed by atoms with Crippen molar-refractivity contribution in [3.8, 4) is 0 Å². The fourth-order valence-electron chi connectivity index (χ4n) is 1.19. The number of amides is 1. The van der Waals surface area contributed by atoms with E-state index in [1.54, 1.807) is 0 Å². The SMILES string of the molecule is C=CCON(C)C(=O)c1cccc(C(=O)O)c1. The third kappa shape index (κ3) is 3.42. The minimum absolute atomic E-state index is 0.0629. The number of carboxylic acids is 1. The number of benzene rings is 1. The van der Waals surface area contributed by atoms with E-state index in [4.69, 9.17) is 9.94 Å². The van der Waals surface area contributed by atoms with Crippen LogP contribution in [0.25, 0.3) is 0 Å². The number of rotatable bonds is 5. The van der Waals surface area contributed by atoms with E-state index < -0.39 is 11.9 Å². The van der Waals surface area contributed by atoms with Gasteiger partial charge in [-0.25, -0.2) is 9.86 Å². The summed E-state index contributed by atoms with van der Waals surface area (Å²) in [5.41, 5.74) is 0.324. The molecule has 0 unspecified atom stereocenters. The molecular formula is C12H13NO4. The van der Waals surface area contributed by atoms with Crippen LogP contribution in [0.2, 0.25) is 0 Å². The second-order valence-electron chi connectivity index (χ2n) is 3.27. The molecule has 1 N–H and O–H groups in total. The Bertz CT molecular complexity index is 442. The van der Waals surface area contributed by atoms with Gasteiger partial charge in [0, 0.05) is 12.6 Å². The van der Waals surface area contributed by atoms with Gasteiger partial charge in [0.05, 0.1) is 12.2 Å². The molecule has 90 valence electrons. The lowest BCUT2D eigenvalue weighted by Crippen LogP contribution is -2.27. The number of aromatic carboxylic acids is 1. The van der Waals surface area contributed by atoms with E-state index >= 15 is 0 Å². The van der Waals surface area contributed by atoms with Gasteiger partial charge < -0.3 is 5.11 Å². The lowest BCUT2D eigenvalue weighted by molar-refractivity contribution is -0.0932. The molecule has 1 rings (SSSR count). The monoisotopic (exact) mass is 235 g/mol. The minimum Gasteiger partial charge on any atom is -0.478 e. The zero-order valence-corrected chi connectivity index (χ0v) is 9.42. The molecular weight excluding hydrogens is 222 g/mol. The summed E-state index contributed by atoms with van der Waals surface area (Å²) in [4.78, 5) is 27.6. The lowest BCUT2D eigenvalue weighted by Gasteiger charge is -2.15. The number of carbonyl (C=O) groups excluding carboxylic acids is 1. The quantitative estimate of drug-likeness (QED) is 0.621. The molecule has 1 aromatic carbocycles. The van der Waals surface area contributed by atoms with Gasteiger partial charge >= 0.3 is 5.97 Å². The molecule has 0 saturated heterocycles. The van der Waals surface area contributed by atoms with Gasteiger partial charge in [0.1, 0.15) is 0 Å². The van der Waals surface area contributed by atoms with E-state index in [1.165, 1.54) is 37.4 Å². The number of carbonyl (C=O) groups is 2. The molecule has 0 aliphatic heterocycles. The Labute approximate surface area is 98.9 Å².